The number of hydrogen-bond donors (Lipinski definition) is 3. The molecule has 4 amide bonds. The number of aromatic amines is 1. The third kappa shape index (κ3) is 4.32. The first kappa shape index (κ1) is 27.3. The third-order valence-corrected chi connectivity index (χ3v) is 8.60. The number of H-pyrrole nitrogens is 1. The van der Waals surface area contributed by atoms with Gasteiger partial charge < -0.3 is 15.4 Å². The molecule has 0 radical (unpaired) electrons. The van der Waals surface area contributed by atoms with Gasteiger partial charge >= 0.3 is 12.0 Å². The summed E-state index contributed by atoms with van der Waals surface area (Å²) in [5.41, 5.74) is 4.92. The summed E-state index contributed by atoms with van der Waals surface area (Å²) in [7, 11) is 0. The number of aryl methyl sites for hydroxylation is 1. The topological polar surface area (TPSA) is 123 Å². The fraction of sp³-hybridized carbons (Fsp3) is 0.273. The molecule has 3 N–H and O–H groups in total. The van der Waals surface area contributed by atoms with Crippen molar-refractivity contribution in [3.63, 3.8) is 0 Å². The van der Waals surface area contributed by atoms with E-state index in [2.05, 4.69) is 10.3 Å². The molecule has 6 rings (SSSR count). The van der Waals surface area contributed by atoms with Crippen LogP contribution in [-0.4, -0.2) is 50.9 Å². The number of carboxylic acid groups (broad SMARTS) is 1. The number of rotatable bonds is 7. The first-order valence-electron chi connectivity index (χ1n) is 14.2. The van der Waals surface area contributed by atoms with Crippen molar-refractivity contribution in [3.8, 4) is 0 Å². The summed E-state index contributed by atoms with van der Waals surface area (Å²) in [6, 6.07) is 19.2. The van der Waals surface area contributed by atoms with Crippen molar-refractivity contribution in [2.24, 2.45) is 5.92 Å². The van der Waals surface area contributed by atoms with Gasteiger partial charge in [0.2, 0.25) is 0 Å². The number of para-hydroxylation sites is 2. The van der Waals surface area contributed by atoms with Crippen molar-refractivity contribution >= 4 is 40.4 Å². The number of nitrogens with zero attached hydrogens (tertiary/aromatic N) is 2. The van der Waals surface area contributed by atoms with Gasteiger partial charge in [0, 0.05) is 23.0 Å². The van der Waals surface area contributed by atoms with Crippen molar-refractivity contribution in [2.45, 2.75) is 51.7 Å². The molecule has 214 valence electrons. The summed E-state index contributed by atoms with van der Waals surface area (Å²) in [6.07, 6.45) is 0.875. The summed E-state index contributed by atoms with van der Waals surface area (Å²) < 4.78 is 0. The normalized spacial score (nSPS) is 19.4. The highest BCUT2D eigenvalue weighted by Gasteiger charge is 2.53. The Morgan fingerprint density at radius 2 is 1.71 bits per heavy atom. The highest BCUT2D eigenvalue weighted by atomic mass is 16.4. The molecule has 4 aromatic rings. The molecular formula is C33H32N4O5. The molecule has 1 aromatic heterocycles. The minimum Gasteiger partial charge on any atom is -0.480 e. The lowest BCUT2D eigenvalue weighted by atomic mass is 9.88. The van der Waals surface area contributed by atoms with Gasteiger partial charge in [0.15, 0.2) is 0 Å². The van der Waals surface area contributed by atoms with Crippen molar-refractivity contribution in [3.05, 3.63) is 101 Å². The van der Waals surface area contributed by atoms with Crippen LogP contribution in [0.5, 0.6) is 0 Å². The lowest BCUT2D eigenvalue weighted by molar-refractivity contribution is -0.140. The number of carbonyl (C=O) groups excluding carboxylic acids is 3. The van der Waals surface area contributed by atoms with Crippen LogP contribution in [0, 0.1) is 12.8 Å². The van der Waals surface area contributed by atoms with Gasteiger partial charge in [0.25, 0.3) is 11.8 Å². The Morgan fingerprint density at radius 1 is 1.02 bits per heavy atom. The number of amides is 4. The first-order valence-corrected chi connectivity index (χ1v) is 14.2. The smallest absolute Gasteiger partial charge is 0.332 e. The monoisotopic (exact) mass is 564 g/mol. The molecule has 2 aliphatic heterocycles. The van der Waals surface area contributed by atoms with E-state index in [0.717, 1.165) is 38.2 Å². The van der Waals surface area contributed by atoms with Gasteiger partial charge in [-0.25, -0.2) is 14.5 Å². The molecule has 0 saturated carbocycles. The van der Waals surface area contributed by atoms with Crippen LogP contribution in [0.4, 0.5) is 10.5 Å². The standard InChI is InChI=1S/C33H32N4O5/c1-4-19(3)27(32(40)41)35-30(38)22-10-6-8-12-25(22)37-31(39)26-17-23-21-9-5-7-11-24(21)34-28(23)29(36(26)33(37)42)20-15-13-18(2)14-16-20/h5-16,19,26-27,29,34H,4,17H2,1-3H3,(H,35,38)(H,40,41)/t19-,26+,27+,29-/m1/s1. The molecule has 0 aliphatic carbocycles. The number of carbonyl (C=O) groups is 4. The quantitative estimate of drug-likeness (QED) is 0.267. The Hall–Kier alpha value is -4.92. The molecule has 9 heteroatoms. The summed E-state index contributed by atoms with van der Waals surface area (Å²) in [4.78, 5) is 60.0. The zero-order chi connectivity index (χ0) is 29.7. The highest BCUT2D eigenvalue weighted by Crippen LogP contribution is 2.45. The van der Waals surface area contributed by atoms with Gasteiger partial charge in [-0.15, -0.1) is 0 Å². The van der Waals surface area contributed by atoms with Crippen LogP contribution in [-0.2, 0) is 16.0 Å². The number of aliphatic carboxylic acids is 1. The molecule has 3 aromatic carbocycles. The number of imide groups is 1. The molecule has 1 saturated heterocycles. The van der Waals surface area contributed by atoms with Gasteiger partial charge in [-0.3, -0.25) is 14.5 Å². The van der Waals surface area contributed by atoms with Crippen molar-refractivity contribution in [1.82, 2.24) is 15.2 Å². The lowest BCUT2D eigenvalue weighted by Crippen LogP contribution is -2.45. The van der Waals surface area contributed by atoms with Gasteiger partial charge in [-0.1, -0.05) is 80.4 Å². The van der Waals surface area contributed by atoms with Crippen LogP contribution >= 0.6 is 0 Å². The second-order valence-electron chi connectivity index (χ2n) is 11.2. The van der Waals surface area contributed by atoms with Crippen molar-refractivity contribution in [2.75, 3.05) is 4.90 Å². The van der Waals surface area contributed by atoms with Crippen LogP contribution in [0.15, 0.2) is 72.8 Å². The number of aromatic nitrogens is 1. The Bertz CT molecular complexity index is 1730. The zero-order valence-electron chi connectivity index (χ0n) is 23.6. The van der Waals surface area contributed by atoms with E-state index in [1.807, 2.05) is 62.4 Å². The minimum absolute atomic E-state index is 0.0597. The van der Waals surface area contributed by atoms with E-state index in [1.54, 1.807) is 30.0 Å². The van der Waals surface area contributed by atoms with Gasteiger partial charge in [0.1, 0.15) is 18.1 Å². The zero-order valence-corrected chi connectivity index (χ0v) is 23.6. The van der Waals surface area contributed by atoms with Gasteiger partial charge in [-0.2, -0.15) is 0 Å². The Labute approximate surface area is 243 Å². The van der Waals surface area contributed by atoms with Gasteiger partial charge in [0.05, 0.1) is 11.3 Å². The number of fused-ring (bicyclic) bond motifs is 4. The van der Waals surface area contributed by atoms with Gasteiger partial charge in [-0.05, 0) is 42.2 Å². The lowest BCUT2D eigenvalue weighted by Gasteiger charge is -2.36. The van der Waals surface area contributed by atoms with Crippen molar-refractivity contribution in [1.29, 1.82) is 0 Å². The molecular weight excluding hydrogens is 532 g/mol. The molecule has 3 heterocycles. The van der Waals surface area contributed by atoms with E-state index in [4.69, 9.17) is 0 Å². The Balaban J connectivity index is 1.43. The number of urea groups is 1. The average molecular weight is 565 g/mol. The van der Waals surface area contributed by atoms with E-state index in [9.17, 15) is 24.3 Å². The van der Waals surface area contributed by atoms with E-state index in [0.29, 0.717) is 12.8 Å². The molecule has 0 bridgehead atoms. The Morgan fingerprint density at radius 3 is 2.43 bits per heavy atom. The SMILES string of the molecule is CC[C@@H](C)[C@H](NC(=O)c1ccccc1N1C(=O)[C@@H]2Cc3c([nH]c4ccccc34)[C@@H](c3ccc(C)cc3)N2C1=O)C(=O)O. The molecule has 0 unspecified atom stereocenters. The maximum absolute atomic E-state index is 14.3. The van der Waals surface area contributed by atoms with Crippen LogP contribution in [0.2, 0.25) is 0 Å². The number of anilines is 1. The number of hydrogen-bond acceptors (Lipinski definition) is 4. The molecule has 1 fully saturated rings. The molecule has 2 aliphatic rings. The van der Waals surface area contributed by atoms with Crippen LogP contribution in [0.25, 0.3) is 10.9 Å². The predicted molar refractivity (Wildman–Crippen MR) is 158 cm³/mol. The third-order valence-electron chi connectivity index (χ3n) is 8.60. The van der Waals surface area contributed by atoms with Crippen LogP contribution in [0.1, 0.15) is 59.1 Å². The predicted octanol–water partition coefficient (Wildman–Crippen LogP) is 5.19. The largest absolute Gasteiger partial charge is 0.480 e. The summed E-state index contributed by atoms with van der Waals surface area (Å²) in [6.45, 7) is 5.59. The van der Waals surface area contributed by atoms with Crippen LogP contribution in [0.3, 0.4) is 0 Å². The molecule has 0 spiro atoms. The van der Waals surface area contributed by atoms with E-state index >= 15 is 0 Å². The fourth-order valence-corrected chi connectivity index (χ4v) is 6.15. The van der Waals surface area contributed by atoms with E-state index in [1.165, 1.54) is 6.07 Å². The maximum Gasteiger partial charge on any atom is 0.332 e. The number of carboxylic acids is 1. The second-order valence-corrected chi connectivity index (χ2v) is 11.2. The molecule has 42 heavy (non-hydrogen) atoms. The molecule has 9 nitrogen and oxygen atoms in total. The number of nitrogens with one attached hydrogen (secondary N) is 2. The second kappa shape index (κ2) is 10.5. The first-order chi connectivity index (χ1) is 20.2. The average Bonchev–Trinajstić information content (AvgIpc) is 3.48. The Kier molecular flexibility index (Phi) is 6.80. The summed E-state index contributed by atoms with van der Waals surface area (Å²) >= 11 is 0. The minimum atomic E-state index is -1.14. The maximum atomic E-state index is 14.3. The number of benzene rings is 3. The van der Waals surface area contributed by atoms with Crippen molar-refractivity contribution < 1.29 is 24.3 Å². The fourth-order valence-electron chi connectivity index (χ4n) is 6.15. The van der Waals surface area contributed by atoms with Crippen LogP contribution < -0.4 is 10.2 Å². The summed E-state index contributed by atoms with van der Waals surface area (Å²) in [5.74, 6) is -2.54. The highest BCUT2D eigenvalue weighted by molar-refractivity contribution is 6.24. The van der Waals surface area contributed by atoms with E-state index < -0.39 is 41.9 Å². The molecule has 4 atom stereocenters. The summed E-state index contributed by atoms with van der Waals surface area (Å²) in [5, 5.41) is 13.3. The van der Waals surface area contributed by atoms with E-state index in [-0.39, 0.29) is 17.2 Å².